The summed E-state index contributed by atoms with van der Waals surface area (Å²) in [6.45, 7) is 1.36. The lowest BCUT2D eigenvalue weighted by atomic mass is 10.0. The average Bonchev–Trinajstić information content (AvgIpc) is 2.60. The van der Waals surface area contributed by atoms with Gasteiger partial charge >= 0.3 is 0 Å². The van der Waals surface area contributed by atoms with E-state index < -0.39 is 0 Å². The van der Waals surface area contributed by atoms with Gasteiger partial charge in [-0.1, -0.05) is 30.3 Å². The fraction of sp³-hybridized carbons (Fsp3) is 0.211. The van der Waals surface area contributed by atoms with Gasteiger partial charge in [-0.05, 0) is 29.3 Å². The third kappa shape index (κ3) is 2.80. The predicted molar refractivity (Wildman–Crippen MR) is 88.8 cm³/mol. The van der Waals surface area contributed by atoms with Crippen LogP contribution in [0.3, 0.4) is 0 Å². The van der Waals surface area contributed by atoms with Crippen LogP contribution in [0.5, 0.6) is 0 Å². The number of hydrogen-bond donors (Lipinski definition) is 0. The number of carbonyl (C=O) groups excluding carboxylic acids is 1. The monoisotopic (exact) mass is 303 g/mol. The molecule has 1 aromatic carbocycles. The average molecular weight is 303 g/mol. The molecule has 0 saturated heterocycles. The van der Waals surface area contributed by atoms with E-state index in [4.69, 9.17) is 0 Å². The van der Waals surface area contributed by atoms with Gasteiger partial charge < -0.3 is 4.90 Å². The van der Waals surface area contributed by atoms with Gasteiger partial charge in [0.15, 0.2) is 5.65 Å². The lowest BCUT2D eigenvalue weighted by molar-refractivity contribution is -0.131. The molecule has 0 bridgehead atoms. The maximum Gasteiger partial charge on any atom is 0.227 e. The Morgan fingerprint density at radius 1 is 1.13 bits per heavy atom. The van der Waals surface area contributed by atoms with E-state index in [-0.39, 0.29) is 5.91 Å². The second-order valence-electron chi connectivity index (χ2n) is 5.87. The summed E-state index contributed by atoms with van der Waals surface area (Å²) >= 11 is 0. The Balaban J connectivity index is 1.56. The van der Waals surface area contributed by atoms with E-state index in [1.54, 1.807) is 6.20 Å². The van der Waals surface area contributed by atoms with Crippen LogP contribution in [0.25, 0.3) is 11.0 Å². The predicted octanol–water partition coefficient (Wildman–Crippen LogP) is 2.76. The Bertz CT molecular complexity index is 861. The summed E-state index contributed by atoms with van der Waals surface area (Å²) in [4.78, 5) is 23.4. The molecule has 4 heteroatoms. The van der Waals surface area contributed by atoms with Gasteiger partial charge in [0.1, 0.15) is 0 Å². The molecule has 0 spiro atoms. The van der Waals surface area contributed by atoms with Crippen molar-refractivity contribution in [3.63, 3.8) is 0 Å². The molecule has 3 aromatic rings. The summed E-state index contributed by atoms with van der Waals surface area (Å²) in [5, 5.41) is 1.03. The lowest BCUT2D eigenvalue weighted by Crippen LogP contribution is -2.37. The van der Waals surface area contributed by atoms with Crippen molar-refractivity contribution in [3.8, 4) is 0 Å². The normalized spacial score (nSPS) is 13.8. The molecule has 0 N–H and O–H groups in total. The highest BCUT2D eigenvalue weighted by Crippen LogP contribution is 2.22. The zero-order valence-corrected chi connectivity index (χ0v) is 12.8. The molecule has 4 nitrogen and oxygen atoms in total. The van der Waals surface area contributed by atoms with Crippen molar-refractivity contribution in [2.45, 2.75) is 19.4 Å². The van der Waals surface area contributed by atoms with Crippen molar-refractivity contribution in [1.82, 2.24) is 14.9 Å². The number of carbonyl (C=O) groups is 1. The molecular weight excluding hydrogens is 286 g/mol. The molecule has 0 saturated carbocycles. The highest BCUT2D eigenvalue weighted by Gasteiger charge is 2.22. The molecule has 0 atom stereocenters. The minimum absolute atomic E-state index is 0.174. The minimum Gasteiger partial charge on any atom is -0.338 e. The van der Waals surface area contributed by atoms with Crippen LogP contribution in [0.4, 0.5) is 0 Å². The van der Waals surface area contributed by atoms with Crippen LogP contribution < -0.4 is 0 Å². The largest absolute Gasteiger partial charge is 0.338 e. The summed E-state index contributed by atoms with van der Waals surface area (Å²) in [5.74, 6) is 0.174. The second kappa shape index (κ2) is 5.80. The van der Waals surface area contributed by atoms with Gasteiger partial charge in [0, 0.05) is 36.8 Å². The van der Waals surface area contributed by atoms with Crippen molar-refractivity contribution >= 4 is 16.9 Å². The maximum absolute atomic E-state index is 12.5. The number of nitrogens with zero attached hydrogens (tertiary/aromatic N) is 3. The Kier molecular flexibility index (Phi) is 3.50. The first-order valence-electron chi connectivity index (χ1n) is 7.85. The number of amides is 1. The highest BCUT2D eigenvalue weighted by atomic mass is 16.2. The summed E-state index contributed by atoms with van der Waals surface area (Å²) in [6, 6.07) is 15.9. The fourth-order valence-corrected chi connectivity index (χ4v) is 3.06. The van der Waals surface area contributed by atoms with Crippen LogP contribution in [-0.2, 0) is 24.2 Å². The third-order valence-corrected chi connectivity index (χ3v) is 4.29. The number of fused-ring (bicyclic) bond motifs is 2. The maximum atomic E-state index is 12.5. The number of pyridine rings is 2. The smallest absolute Gasteiger partial charge is 0.227 e. The molecule has 0 aliphatic carbocycles. The topological polar surface area (TPSA) is 46.1 Å². The van der Waals surface area contributed by atoms with Crippen LogP contribution in [-0.4, -0.2) is 27.3 Å². The standard InChI is InChI=1S/C19H17N3O/c23-18(11-14-5-2-1-3-6-14)22-10-8-17-16(13-22)12-15-7-4-9-20-19(15)21-17/h1-7,9,12H,8,10-11,13H2. The van der Waals surface area contributed by atoms with Crippen molar-refractivity contribution in [1.29, 1.82) is 0 Å². The van der Waals surface area contributed by atoms with Crippen molar-refractivity contribution in [2.75, 3.05) is 6.54 Å². The SMILES string of the molecule is O=C(Cc1ccccc1)N1CCc2nc3ncccc3cc2C1. The molecule has 2 aromatic heterocycles. The zero-order valence-electron chi connectivity index (χ0n) is 12.8. The molecule has 4 rings (SSSR count). The van der Waals surface area contributed by atoms with E-state index in [9.17, 15) is 4.79 Å². The van der Waals surface area contributed by atoms with E-state index in [2.05, 4.69) is 16.0 Å². The van der Waals surface area contributed by atoms with E-state index in [0.29, 0.717) is 13.0 Å². The summed E-state index contributed by atoms with van der Waals surface area (Å²) in [6.07, 6.45) is 3.02. The number of benzene rings is 1. The van der Waals surface area contributed by atoms with Gasteiger partial charge in [0.2, 0.25) is 5.91 Å². The van der Waals surface area contributed by atoms with Crippen LogP contribution in [0.2, 0.25) is 0 Å². The van der Waals surface area contributed by atoms with Crippen molar-refractivity contribution in [2.24, 2.45) is 0 Å². The summed E-state index contributed by atoms with van der Waals surface area (Å²) in [7, 11) is 0. The van der Waals surface area contributed by atoms with Gasteiger partial charge in [0.05, 0.1) is 6.42 Å². The molecule has 0 unspecified atom stereocenters. The van der Waals surface area contributed by atoms with Gasteiger partial charge in [-0.3, -0.25) is 4.79 Å². The Morgan fingerprint density at radius 2 is 2.00 bits per heavy atom. The summed E-state index contributed by atoms with van der Waals surface area (Å²) < 4.78 is 0. The molecule has 0 radical (unpaired) electrons. The van der Waals surface area contributed by atoms with E-state index in [1.807, 2.05) is 47.4 Å². The first-order valence-corrected chi connectivity index (χ1v) is 7.85. The molecule has 1 aliphatic rings. The highest BCUT2D eigenvalue weighted by molar-refractivity contribution is 5.80. The van der Waals surface area contributed by atoms with Gasteiger partial charge in [-0.15, -0.1) is 0 Å². The molecule has 0 fully saturated rings. The third-order valence-electron chi connectivity index (χ3n) is 4.29. The number of hydrogen-bond acceptors (Lipinski definition) is 3. The molecule has 3 heterocycles. The fourth-order valence-electron chi connectivity index (χ4n) is 3.06. The Labute approximate surface area is 134 Å². The first-order chi connectivity index (χ1) is 11.3. The van der Waals surface area contributed by atoms with Crippen LogP contribution in [0.15, 0.2) is 54.7 Å². The van der Waals surface area contributed by atoms with Crippen molar-refractivity contribution < 1.29 is 4.79 Å². The van der Waals surface area contributed by atoms with E-state index >= 15 is 0 Å². The second-order valence-corrected chi connectivity index (χ2v) is 5.87. The van der Waals surface area contributed by atoms with E-state index in [1.165, 1.54) is 0 Å². The first kappa shape index (κ1) is 13.9. The number of rotatable bonds is 2. The molecule has 1 aliphatic heterocycles. The Hall–Kier alpha value is -2.75. The lowest BCUT2D eigenvalue weighted by Gasteiger charge is -2.28. The zero-order chi connectivity index (χ0) is 15.6. The van der Waals surface area contributed by atoms with Gasteiger partial charge in [-0.2, -0.15) is 0 Å². The van der Waals surface area contributed by atoms with E-state index in [0.717, 1.165) is 40.8 Å². The quantitative estimate of drug-likeness (QED) is 0.731. The molecule has 114 valence electrons. The van der Waals surface area contributed by atoms with Crippen LogP contribution in [0.1, 0.15) is 16.8 Å². The van der Waals surface area contributed by atoms with Crippen molar-refractivity contribution in [3.05, 3.63) is 71.5 Å². The van der Waals surface area contributed by atoms with Crippen LogP contribution >= 0.6 is 0 Å². The van der Waals surface area contributed by atoms with Crippen LogP contribution in [0, 0.1) is 0 Å². The minimum atomic E-state index is 0.174. The molecule has 1 amide bonds. The molecule has 23 heavy (non-hydrogen) atoms. The van der Waals surface area contributed by atoms with Gasteiger partial charge in [-0.25, -0.2) is 9.97 Å². The summed E-state index contributed by atoms with van der Waals surface area (Å²) in [5.41, 5.74) is 4.05. The Morgan fingerprint density at radius 3 is 2.87 bits per heavy atom. The molecular formula is C19H17N3O. The number of aromatic nitrogens is 2. The van der Waals surface area contributed by atoms with Gasteiger partial charge in [0.25, 0.3) is 0 Å².